The number of benzene rings is 3. The molecule has 15 heteroatoms. The average Bonchev–Trinajstić information content (AvgIpc) is 2.84. The summed E-state index contributed by atoms with van der Waals surface area (Å²) in [7, 11) is -3.48. The van der Waals surface area contributed by atoms with E-state index in [0.29, 0.717) is 0 Å². The molecule has 39 heavy (non-hydrogen) atoms. The molecule has 4 rings (SSSR count). The van der Waals surface area contributed by atoms with Crippen molar-refractivity contribution in [3.05, 3.63) is 82.9 Å². The van der Waals surface area contributed by atoms with Gasteiger partial charge in [0, 0.05) is 17.5 Å². The van der Waals surface area contributed by atoms with E-state index in [1.54, 1.807) is 0 Å². The van der Waals surface area contributed by atoms with E-state index in [9.17, 15) is 34.8 Å². The van der Waals surface area contributed by atoms with E-state index in [4.69, 9.17) is 16.3 Å². The summed E-state index contributed by atoms with van der Waals surface area (Å²) in [4.78, 5) is 12.1. The van der Waals surface area contributed by atoms with Gasteiger partial charge in [0.15, 0.2) is 21.4 Å². The third-order valence-electron chi connectivity index (χ3n) is 5.09. The van der Waals surface area contributed by atoms with E-state index in [2.05, 4.69) is 20.3 Å². The highest BCUT2D eigenvalue weighted by Crippen LogP contribution is 2.42. The highest BCUT2D eigenvalue weighted by Gasteiger charge is 2.36. The number of hydrogen-bond acceptors (Lipinski definition) is 7. The maximum absolute atomic E-state index is 13.6. The maximum Gasteiger partial charge on any atom is 0.420 e. The molecule has 0 aliphatic carbocycles. The number of para-hydroxylation sites is 1. The van der Waals surface area contributed by atoms with Crippen molar-refractivity contribution < 1.29 is 39.5 Å². The second-order valence-electron chi connectivity index (χ2n) is 7.98. The van der Waals surface area contributed by atoms with Gasteiger partial charge in [0.25, 0.3) is 0 Å². The number of halogens is 7. The molecule has 0 radical (unpaired) electrons. The molecule has 0 aliphatic rings. The molecule has 3 aromatic carbocycles. The molecule has 0 fully saturated rings. The van der Waals surface area contributed by atoms with Gasteiger partial charge in [-0.25, -0.2) is 8.42 Å². The number of nitrogens with one attached hydrogen (secondary N) is 1. The predicted octanol–water partition coefficient (Wildman–Crippen LogP) is 7.17. The smallest absolute Gasteiger partial charge is 0.420 e. The van der Waals surface area contributed by atoms with Crippen molar-refractivity contribution in [2.24, 2.45) is 0 Å². The second kappa shape index (κ2) is 10.3. The Morgan fingerprint density at radius 2 is 1.46 bits per heavy atom. The Kier molecular flexibility index (Phi) is 7.45. The minimum Gasteiger partial charge on any atom is -0.422 e. The van der Waals surface area contributed by atoms with Gasteiger partial charge >= 0.3 is 18.4 Å². The SMILES string of the molecule is CS(=O)(=O)c1ccc(Nc2nc(Oc3c(Cl)cccc3C(F)(F)F)nc(-c3ccc(C(F)(F)F)cc3)n2)cc1. The van der Waals surface area contributed by atoms with Gasteiger partial charge in [-0.05, 0) is 48.5 Å². The summed E-state index contributed by atoms with van der Waals surface area (Å²) < 4.78 is 108. The Balaban J connectivity index is 1.78. The Bertz CT molecular complexity index is 1610. The van der Waals surface area contributed by atoms with Crippen LogP contribution in [0.2, 0.25) is 5.02 Å². The lowest BCUT2D eigenvalue weighted by molar-refractivity contribution is -0.139. The summed E-state index contributed by atoms with van der Waals surface area (Å²) in [5.74, 6) is -1.29. The number of sulfone groups is 1. The van der Waals surface area contributed by atoms with Crippen LogP contribution >= 0.6 is 11.6 Å². The first-order chi connectivity index (χ1) is 18.1. The number of hydrogen-bond donors (Lipinski definition) is 1. The Morgan fingerprint density at radius 3 is 2.03 bits per heavy atom. The molecule has 1 aromatic heterocycles. The van der Waals surface area contributed by atoms with E-state index in [1.807, 2.05) is 0 Å². The largest absolute Gasteiger partial charge is 0.422 e. The van der Waals surface area contributed by atoms with Crippen LogP contribution in [0.15, 0.2) is 71.6 Å². The maximum atomic E-state index is 13.6. The van der Waals surface area contributed by atoms with Crippen molar-refractivity contribution in [1.29, 1.82) is 0 Å². The van der Waals surface area contributed by atoms with Gasteiger partial charge in [-0.3, -0.25) is 0 Å². The lowest BCUT2D eigenvalue weighted by Crippen LogP contribution is -2.09. The monoisotopic (exact) mass is 588 g/mol. The molecule has 4 aromatic rings. The highest BCUT2D eigenvalue weighted by molar-refractivity contribution is 7.90. The number of nitrogens with zero attached hydrogens (tertiary/aromatic N) is 3. The summed E-state index contributed by atoms with van der Waals surface area (Å²) in [6.45, 7) is 0. The number of rotatable bonds is 6. The fourth-order valence-electron chi connectivity index (χ4n) is 3.24. The van der Waals surface area contributed by atoms with Gasteiger partial charge in [-0.2, -0.15) is 41.3 Å². The lowest BCUT2D eigenvalue weighted by atomic mass is 10.1. The van der Waals surface area contributed by atoms with Crippen LogP contribution in [0.3, 0.4) is 0 Å². The van der Waals surface area contributed by atoms with Crippen molar-refractivity contribution in [1.82, 2.24) is 15.0 Å². The molecule has 0 saturated carbocycles. The normalized spacial score (nSPS) is 12.3. The standard InChI is InChI=1S/C24H15ClF6N4O3S/c1-39(36,37)16-11-9-15(10-12-16)32-21-33-20(13-5-7-14(8-6-13)23(26,27)28)34-22(35-21)38-19-17(24(29,30)31)3-2-4-18(19)25/h2-12H,1H3,(H,32,33,34,35). The Labute approximate surface area is 222 Å². The van der Waals surface area contributed by atoms with E-state index in [1.165, 1.54) is 24.3 Å². The molecular formula is C24H15ClF6N4O3S. The van der Waals surface area contributed by atoms with Gasteiger partial charge in [-0.1, -0.05) is 29.8 Å². The van der Waals surface area contributed by atoms with Crippen LogP contribution < -0.4 is 10.1 Å². The molecule has 0 amide bonds. The van der Waals surface area contributed by atoms with Crippen LogP contribution in [0, 0.1) is 0 Å². The van der Waals surface area contributed by atoms with E-state index in [-0.39, 0.29) is 27.9 Å². The van der Waals surface area contributed by atoms with Gasteiger partial charge in [0.2, 0.25) is 5.95 Å². The minimum absolute atomic E-state index is 0.0246. The van der Waals surface area contributed by atoms with Crippen LogP contribution in [0.25, 0.3) is 11.4 Å². The lowest BCUT2D eigenvalue weighted by Gasteiger charge is -2.15. The Hall–Kier alpha value is -3.91. The first-order valence-corrected chi connectivity index (χ1v) is 12.9. The summed E-state index contributed by atoms with van der Waals surface area (Å²) in [5, 5.41) is 2.35. The molecule has 0 unspecified atom stereocenters. The zero-order valence-corrected chi connectivity index (χ0v) is 21.0. The topological polar surface area (TPSA) is 94.1 Å². The predicted molar refractivity (Wildman–Crippen MR) is 130 cm³/mol. The first-order valence-electron chi connectivity index (χ1n) is 10.7. The highest BCUT2D eigenvalue weighted by atomic mass is 35.5. The number of aromatic nitrogens is 3. The van der Waals surface area contributed by atoms with Crippen molar-refractivity contribution >= 4 is 33.1 Å². The quantitative estimate of drug-likeness (QED) is 0.239. The number of alkyl halides is 6. The average molecular weight is 589 g/mol. The van der Waals surface area contributed by atoms with Crippen LogP contribution in [0.5, 0.6) is 11.8 Å². The van der Waals surface area contributed by atoms with Gasteiger partial charge in [0.05, 0.1) is 21.0 Å². The molecule has 7 nitrogen and oxygen atoms in total. The molecule has 1 N–H and O–H groups in total. The summed E-state index contributed by atoms with van der Waals surface area (Å²) >= 11 is 5.96. The van der Waals surface area contributed by atoms with Crippen LogP contribution in [0.1, 0.15) is 11.1 Å². The number of ether oxygens (including phenoxy) is 1. The van der Waals surface area contributed by atoms with Crippen molar-refractivity contribution in [3.63, 3.8) is 0 Å². The van der Waals surface area contributed by atoms with Crippen molar-refractivity contribution in [2.75, 3.05) is 11.6 Å². The Morgan fingerprint density at radius 1 is 0.821 bits per heavy atom. The molecule has 0 atom stereocenters. The van der Waals surface area contributed by atoms with Gasteiger partial charge in [-0.15, -0.1) is 0 Å². The third-order valence-corrected chi connectivity index (χ3v) is 6.52. The third kappa shape index (κ3) is 6.75. The first kappa shape index (κ1) is 28.1. The zero-order chi connectivity index (χ0) is 28.6. The van der Waals surface area contributed by atoms with Crippen LogP contribution in [-0.2, 0) is 22.2 Å². The van der Waals surface area contributed by atoms with Gasteiger partial charge < -0.3 is 10.1 Å². The second-order valence-corrected chi connectivity index (χ2v) is 10.4. The molecule has 1 heterocycles. The zero-order valence-electron chi connectivity index (χ0n) is 19.5. The minimum atomic E-state index is -4.84. The summed E-state index contributed by atoms with van der Waals surface area (Å²) in [6.07, 6.45) is -8.42. The summed E-state index contributed by atoms with van der Waals surface area (Å²) in [6, 6.07) is 11.4. The fraction of sp³-hybridized carbons (Fsp3) is 0.125. The van der Waals surface area contributed by atoms with E-state index >= 15 is 0 Å². The molecule has 0 bridgehead atoms. The fourth-order valence-corrected chi connectivity index (χ4v) is 4.08. The van der Waals surface area contributed by atoms with Crippen molar-refractivity contribution in [2.45, 2.75) is 17.2 Å². The number of anilines is 2. The summed E-state index contributed by atoms with van der Waals surface area (Å²) in [5.41, 5.74) is -1.79. The van der Waals surface area contributed by atoms with Crippen LogP contribution in [0.4, 0.5) is 38.0 Å². The molecule has 0 saturated heterocycles. The molecular weight excluding hydrogens is 574 g/mol. The molecule has 0 aliphatic heterocycles. The molecule has 0 spiro atoms. The molecule has 204 valence electrons. The van der Waals surface area contributed by atoms with Gasteiger partial charge in [0.1, 0.15) is 0 Å². The van der Waals surface area contributed by atoms with Crippen LogP contribution in [-0.4, -0.2) is 29.6 Å². The van der Waals surface area contributed by atoms with Crippen molar-refractivity contribution in [3.8, 4) is 23.1 Å². The van der Waals surface area contributed by atoms with E-state index < -0.39 is 50.1 Å². The van der Waals surface area contributed by atoms with E-state index in [0.717, 1.165) is 48.7 Å².